The summed E-state index contributed by atoms with van der Waals surface area (Å²) in [6, 6.07) is 7.93. The number of nitrogens with zero attached hydrogens (tertiary/aromatic N) is 2. The molecule has 0 saturated carbocycles. The van der Waals surface area contributed by atoms with Gasteiger partial charge in [-0.25, -0.2) is 0 Å². The second kappa shape index (κ2) is 13.6. The van der Waals surface area contributed by atoms with E-state index in [1.807, 2.05) is 25.2 Å². The Morgan fingerprint density at radius 3 is 2.85 bits per heavy atom. The first-order chi connectivity index (χ1) is 12.2. The fraction of sp³-hybridized carbons (Fsp3) is 0.632. The van der Waals surface area contributed by atoms with Crippen LogP contribution in [0.4, 0.5) is 0 Å². The Kier molecular flexibility index (Phi) is 12.3. The van der Waals surface area contributed by atoms with Crippen LogP contribution in [0.15, 0.2) is 29.3 Å². The van der Waals surface area contributed by atoms with Crippen LogP contribution in [-0.2, 0) is 16.0 Å². The van der Waals surface area contributed by atoms with Crippen LogP contribution in [-0.4, -0.2) is 56.9 Å². The van der Waals surface area contributed by atoms with Crippen LogP contribution in [0, 0.1) is 0 Å². The molecule has 0 radical (unpaired) electrons. The summed E-state index contributed by atoms with van der Waals surface area (Å²) in [4.78, 5) is 6.83. The molecule has 0 aromatic heterocycles. The van der Waals surface area contributed by atoms with E-state index in [0.717, 1.165) is 69.7 Å². The molecule has 1 heterocycles. The molecule has 0 aliphatic carbocycles. The molecule has 0 amide bonds. The minimum atomic E-state index is 0. The van der Waals surface area contributed by atoms with Gasteiger partial charge in [0, 0.05) is 51.5 Å². The second-order valence-corrected chi connectivity index (χ2v) is 6.69. The maximum Gasteiger partial charge on any atom is 0.193 e. The fourth-order valence-electron chi connectivity index (χ4n) is 2.80. The zero-order valence-corrected chi connectivity index (χ0v) is 18.8. The minimum Gasteiger partial charge on any atom is -0.381 e. The molecule has 1 aromatic rings. The van der Waals surface area contributed by atoms with Crippen molar-refractivity contribution in [3.8, 4) is 0 Å². The quantitative estimate of drug-likeness (QED) is 0.257. The third-order valence-electron chi connectivity index (χ3n) is 4.09. The summed E-state index contributed by atoms with van der Waals surface area (Å²) in [6.07, 6.45) is 3.30. The summed E-state index contributed by atoms with van der Waals surface area (Å²) < 4.78 is 11.2. The highest BCUT2D eigenvalue weighted by Crippen LogP contribution is 2.12. The topological polar surface area (TPSA) is 46.1 Å². The van der Waals surface area contributed by atoms with Gasteiger partial charge < -0.3 is 19.7 Å². The summed E-state index contributed by atoms with van der Waals surface area (Å²) in [6.45, 7) is 6.85. The molecule has 0 bridgehead atoms. The normalized spacial score (nSPS) is 15.4. The van der Waals surface area contributed by atoms with Crippen molar-refractivity contribution in [3.05, 3.63) is 34.9 Å². The molecular formula is C19H31ClIN3O2. The number of halogens is 2. The molecule has 148 valence electrons. The van der Waals surface area contributed by atoms with E-state index in [4.69, 9.17) is 26.1 Å². The van der Waals surface area contributed by atoms with Gasteiger partial charge in [-0.3, -0.25) is 4.99 Å². The molecule has 2 rings (SSSR count). The molecule has 1 aromatic carbocycles. The van der Waals surface area contributed by atoms with E-state index >= 15 is 0 Å². The second-order valence-electron chi connectivity index (χ2n) is 6.26. The van der Waals surface area contributed by atoms with Gasteiger partial charge in [-0.05, 0) is 43.9 Å². The van der Waals surface area contributed by atoms with Gasteiger partial charge in [0.15, 0.2) is 5.96 Å². The monoisotopic (exact) mass is 495 g/mol. The highest BCUT2D eigenvalue weighted by atomic mass is 127. The summed E-state index contributed by atoms with van der Waals surface area (Å²) in [5, 5.41) is 4.11. The molecule has 0 atom stereocenters. The Morgan fingerprint density at radius 1 is 1.38 bits per heavy atom. The molecule has 1 N–H and O–H groups in total. The smallest absolute Gasteiger partial charge is 0.193 e. The lowest BCUT2D eigenvalue weighted by molar-refractivity contribution is -0.0318. The predicted molar refractivity (Wildman–Crippen MR) is 119 cm³/mol. The van der Waals surface area contributed by atoms with Crippen molar-refractivity contribution in [1.82, 2.24) is 10.2 Å². The SMILES string of the molecule is CCNC(=NCCCOC1CCOCC1)N(C)Cc1cccc(Cl)c1.I. The van der Waals surface area contributed by atoms with Crippen LogP contribution >= 0.6 is 35.6 Å². The lowest BCUT2D eigenvalue weighted by Crippen LogP contribution is -2.38. The molecule has 1 aliphatic rings. The van der Waals surface area contributed by atoms with Crippen molar-refractivity contribution in [2.45, 2.75) is 38.8 Å². The minimum absolute atomic E-state index is 0. The zero-order chi connectivity index (χ0) is 17.9. The van der Waals surface area contributed by atoms with Crippen molar-refractivity contribution in [2.75, 3.05) is 40.0 Å². The fourth-order valence-corrected chi connectivity index (χ4v) is 3.01. The van der Waals surface area contributed by atoms with E-state index < -0.39 is 0 Å². The van der Waals surface area contributed by atoms with Crippen molar-refractivity contribution < 1.29 is 9.47 Å². The van der Waals surface area contributed by atoms with Crippen LogP contribution in [0.1, 0.15) is 31.7 Å². The standard InChI is InChI=1S/C19H30ClN3O2.HI/c1-3-21-19(23(2)15-16-6-4-7-17(20)14-16)22-10-5-11-25-18-8-12-24-13-9-18;/h4,6-7,14,18H,3,5,8-13,15H2,1-2H3,(H,21,22);1H. The van der Waals surface area contributed by atoms with Gasteiger partial charge in [0.1, 0.15) is 0 Å². The predicted octanol–water partition coefficient (Wildman–Crippen LogP) is 3.94. The van der Waals surface area contributed by atoms with E-state index in [0.29, 0.717) is 6.10 Å². The Morgan fingerprint density at radius 2 is 2.15 bits per heavy atom. The highest BCUT2D eigenvalue weighted by Gasteiger charge is 2.13. The average Bonchev–Trinajstić information content (AvgIpc) is 2.61. The van der Waals surface area contributed by atoms with Crippen LogP contribution in [0.25, 0.3) is 0 Å². The lowest BCUT2D eigenvalue weighted by Gasteiger charge is -2.23. The zero-order valence-electron chi connectivity index (χ0n) is 15.7. The van der Waals surface area contributed by atoms with Gasteiger partial charge in [-0.15, -0.1) is 24.0 Å². The van der Waals surface area contributed by atoms with E-state index in [1.54, 1.807) is 0 Å². The highest BCUT2D eigenvalue weighted by molar-refractivity contribution is 14.0. The van der Waals surface area contributed by atoms with E-state index in [-0.39, 0.29) is 24.0 Å². The molecule has 1 aliphatic heterocycles. The number of hydrogen-bond donors (Lipinski definition) is 1. The number of benzene rings is 1. The van der Waals surface area contributed by atoms with Gasteiger partial charge in [-0.1, -0.05) is 23.7 Å². The van der Waals surface area contributed by atoms with Crippen molar-refractivity contribution in [2.24, 2.45) is 4.99 Å². The summed E-state index contributed by atoms with van der Waals surface area (Å²) in [5.41, 5.74) is 1.17. The number of aliphatic imine (C=N–C) groups is 1. The van der Waals surface area contributed by atoms with Gasteiger partial charge in [0.05, 0.1) is 6.10 Å². The van der Waals surface area contributed by atoms with Crippen molar-refractivity contribution in [3.63, 3.8) is 0 Å². The molecule has 0 spiro atoms. The van der Waals surface area contributed by atoms with Crippen LogP contribution < -0.4 is 5.32 Å². The first-order valence-corrected chi connectivity index (χ1v) is 9.50. The van der Waals surface area contributed by atoms with Crippen LogP contribution in [0.2, 0.25) is 5.02 Å². The third kappa shape index (κ3) is 8.88. The number of nitrogens with one attached hydrogen (secondary N) is 1. The first-order valence-electron chi connectivity index (χ1n) is 9.12. The Labute approximate surface area is 179 Å². The van der Waals surface area contributed by atoms with E-state index in [1.165, 1.54) is 5.56 Å². The molecular weight excluding hydrogens is 465 g/mol. The first kappa shape index (κ1) is 23.5. The maximum atomic E-state index is 6.07. The molecule has 26 heavy (non-hydrogen) atoms. The van der Waals surface area contributed by atoms with Gasteiger partial charge in [0.25, 0.3) is 0 Å². The number of hydrogen-bond acceptors (Lipinski definition) is 3. The van der Waals surface area contributed by atoms with Crippen LogP contribution in [0.3, 0.4) is 0 Å². The van der Waals surface area contributed by atoms with E-state index in [2.05, 4.69) is 23.2 Å². The van der Waals surface area contributed by atoms with Gasteiger partial charge in [-0.2, -0.15) is 0 Å². The van der Waals surface area contributed by atoms with Gasteiger partial charge in [0.2, 0.25) is 0 Å². The number of ether oxygens (including phenoxy) is 2. The maximum absolute atomic E-state index is 6.07. The lowest BCUT2D eigenvalue weighted by atomic mass is 10.1. The summed E-state index contributed by atoms with van der Waals surface area (Å²) >= 11 is 6.07. The van der Waals surface area contributed by atoms with E-state index in [9.17, 15) is 0 Å². The number of rotatable bonds is 8. The molecule has 1 saturated heterocycles. The Hall–Kier alpha value is -0.570. The number of guanidine groups is 1. The summed E-state index contributed by atoms with van der Waals surface area (Å²) in [5.74, 6) is 0.911. The third-order valence-corrected chi connectivity index (χ3v) is 4.33. The molecule has 1 fully saturated rings. The molecule has 5 nitrogen and oxygen atoms in total. The average molecular weight is 496 g/mol. The molecule has 0 unspecified atom stereocenters. The molecule has 7 heteroatoms. The van der Waals surface area contributed by atoms with Crippen molar-refractivity contribution in [1.29, 1.82) is 0 Å². The Bertz CT molecular complexity index is 539. The Balaban J connectivity index is 0.00000338. The van der Waals surface area contributed by atoms with Gasteiger partial charge >= 0.3 is 0 Å². The summed E-state index contributed by atoms with van der Waals surface area (Å²) in [7, 11) is 2.04. The van der Waals surface area contributed by atoms with Crippen molar-refractivity contribution >= 4 is 41.5 Å². The largest absolute Gasteiger partial charge is 0.381 e. The van der Waals surface area contributed by atoms with Crippen LogP contribution in [0.5, 0.6) is 0 Å².